The summed E-state index contributed by atoms with van der Waals surface area (Å²) in [6.45, 7) is 6.66. The normalized spacial score (nSPS) is 17.7. The van der Waals surface area contributed by atoms with Gasteiger partial charge in [0.15, 0.2) is 0 Å². The van der Waals surface area contributed by atoms with E-state index in [2.05, 4.69) is 37.2 Å². The zero-order valence-corrected chi connectivity index (χ0v) is 17.2. The largest absolute Gasteiger partial charge is 0.368 e. The van der Waals surface area contributed by atoms with Crippen molar-refractivity contribution in [3.05, 3.63) is 46.8 Å². The summed E-state index contributed by atoms with van der Waals surface area (Å²) >= 11 is 0. The molecule has 160 valence electrons. The van der Waals surface area contributed by atoms with Gasteiger partial charge in [-0.1, -0.05) is 24.6 Å². The Hall–Kier alpha value is -2.94. The van der Waals surface area contributed by atoms with Gasteiger partial charge >= 0.3 is 5.69 Å². The molecule has 30 heavy (non-hydrogen) atoms. The maximum atomic E-state index is 11.9. The maximum absolute atomic E-state index is 11.9. The van der Waals surface area contributed by atoms with E-state index in [-0.39, 0.29) is 10.6 Å². The summed E-state index contributed by atoms with van der Waals surface area (Å²) < 4.78 is 0. The average molecular weight is 412 g/mol. The van der Waals surface area contributed by atoms with Crippen molar-refractivity contribution in [1.29, 1.82) is 0 Å². The second kappa shape index (κ2) is 9.71. The van der Waals surface area contributed by atoms with Crippen LogP contribution in [-0.4, -0.2) is 72.1 Å². The molecule has 1 N–H and O–H groups in total. The van der Waals surface area contributed by atoms with E-state index < -0.39 is 0 Å². The Morgan fingerprint density at radius 1 is 0.933 bits per heavy atom. The fourth-order valence-corrected chi connectivity index (χ4v) is 4.23. The molecule has 2 fully saturated rings. The highest BCUT2D eigenvalue weighted by molar-refractivity contribution is 5.70. The molecular weight excluding hydrogens is 382 g/mol. The standard InChI is InChI=1S/C21H29N7O2/c29-28(30)19-20(22-9-12-25-10-5-2-6-11-25)23-17-24-21(19)27-15-13-26(14-16-27)18-7-3-1-4-8-18/h1,3-4,7-8,17H,2,5-6,9-16H2,(H,22,23,24). The Morgan fingerprint density at radius 3 is 2.33 bits per heavy atom. The van der Waals surface area contributed by atoms with Crippen LogP contribution in [0.25, 0.3) is 0 Å². The molecule has 0 bridgehead atoms. The second-order valence-corrected chi connectivity index (χ2v) is 7.79. The van der Waals surface area contributed by atoms with Gasteiger partial charge < -0.3 is 20.0 Å². The molecule has 0 spiro atoms. The van der Waals surface area contributed by atoms with Crippen LogP contribution in [0.2, 0.25) is 0 Å². The van der Waals surface area contributed by atoms with E-state index in [1.165, 1.54) is 31.3 Å². The van der Waals surface area contributed by atoms with Crippen molar-refractivity contribution in [2.45, 2.75) is 19.3 Å². The molecule has 2 aromatic rings. The molecule has 9 nitrogen and oxygen atoms in total. The van der Waals surface area contributed by atoms with E-state index in [9.17, 15) is 10.1 Å². The zero-order valence-electron chi connectivity index (χ0n) is 17.2. The van der Waals surface area contributed by atoms with E-state index in [0.717, 1.165) is 32.7 Å². The number of piperazine rings is 1. The number of benzene rings is 1. The van der Waals surface area contributed by atoms with Crippen LogP contribution in [0.3, 0.4) is 0 Å². The Bertz CT molecular complexity index is 835. The highest BCUT2D eigenvalue weighted by Gasteiger charge is 2.29. The van der Waals surface area contributed by atoms with Gasteiger partial charge in [0.25, 0.3) is 0 Å². The molecule has 0 unspecified atom stereocenters. The van der Waals surface area contributed by atoms with Crippen molar-refractivity contribution in [2.75, 3.05) is 67.5 Å². The summed E-state index contributed by atoms with van der Waals surface area (Å²) in [5.74, 6) is 0.718. The van der Waals surface area contributed by atoms with E-state index in [0.29, 0.717) is 31.3 Å². The summed E-state index contributed by atoms with van der Waals surface area (Å²) in [7, 11) is 0. The van der Waals surface area contributed by atoms with Crippen LogP contribution in [0.5, 0.6) is 0 Å². The first kappa shape index (κ1) is 20.3. The summed E-state index contributed by atoms with van der Waals surface area (Å²) in [4.78, 5) is 26.7. The molecule has 2 aliphatic rings. The van der Waals surface area contributed by atoms with Crippen LogP contribution in [0.4, 0.5) is 23.0 Å². The molecule has 0 saturated carbocycles. The molecular formula is C21H29N7O2. The topological polar surface area (TPSA) is 90.7 Å². The summed E-state index contributed by atoms with van der Waals surface area (Å²) in [6.07, 6.45) is 5.18. The zero-order chi connectivity index (χ0) is 20.8. The van der Waals surface area contributed by atoms with Crippen LogP contribution < -0.4 is 15.1 Å². The van der Waals surface area contributed by atoms with Gasteiger partial charge in [0, 0.05) is 45.0 Å². The lowest BCUT2D eigenvalue weighted by molar-refractivity contribution is -0.383. The number of anilines is 3. The van der Waals surface area contributed by atoms with E-state index in [1.54, 1.807) is 0 Å². The van der Waals surface area contributed by atoms with Gasteiger partial charge in [-0.05, 0) is 38.1 Å². The summed E-state index contributed by atoms with van der Waals surface area (Å²) in [6, 6.07) is 10.2. The van der Waals surface area contributed by atoms with E-state index in [4.69, 9.17) is 0 Å². The Kier molecular flexibility index (Phi) is 6.58. The average Bonchev–Trinajstić information content (AvgIpc) is 2.80. The van der Waals surface area contributed by atoms with Crippen LogP contribution >= 0.6 is 0 Å². The third-order valence-electron chi connectivity index (χ3n) is 5.86. The molecule has 1 aromatic heterocycles. The molecule has 2 aliphatic heterocycles. The number of hydrogen-bond acceptors (Lipinski definition) is 8. The van der Waals surface area contributed by atoms with Crippen LogP contribution in [0.15, 0.2) is 36.7 Å². The molecule has 3 heterocycles. The number of rotatable bonds is 7. The summed E-state index contributed by atoms with van der Waals surface area (Å²) in [5.41, 5.74) is 1.15. The fraction of sp³-hybridized carbons (Fsp3) is 0.524. The van der Waals surface area contributed by atoms with Crippen molar-refractivity contribution in [2.24, 2.45) is 0 Å². The SMILES string of the molecule is O=[N+]([O-])c1c(NCCN2CCCCC2)ncnc1N1CCN(c2ccccc2)CC1. The molecule has 0 amide bonds. The van der Waals surface area contributed by atoms with Crippen molar-refractivity contribution < 1.29 is 4.92 Å². The Labute approximate surface area is 176 Å². The van der Waals surface area contributed by atoms with Gasteiger partial charge in [-0.3, -0.25) is 10.1 Å². The smallest absolute Gasteiger partial charge is 0.353 e. The van der Waals surface area contributed by atoms with Crippen LogP contribution in [-0.2, 0) is 0 Å². The van der Waals surface area contributed by atoms with Crippen LogP contribution in [0.1, 0.15) is 19.3 Å². The molecule has 2 saturated heterocycles. The number of piperidine rings is 1. The second-order valence-electron chi connectivity index (χ2n) is 7.79. The summed E-state index contributed by atoms with van der Waals surface area (Å²) in [5, 5.41) is 15.1. The number of nitrogens with zero attached hydrogens (tertiary/aromatic N) is 6. The lowest BCUT2D eigenvalue weighted by Crippen LogP contribution is -2.47. The van der Waals surface area contributed by atoms with Crippen molar-refractivity contribution >= 4 is 23.0 Å². The molecule has 9 heteroatoms. The lowest BCUT2D eigenvalue weighted by Gasteiger charge is -2.36. The number of aromatic nitrogens is 2. The van der Waals surface area contributed by atoms with Gasteiger partial charge in [0.2, 0.25) is 11.6 Å². The minimum Gasteiger partial charge on any atom is -0.368 e. The van der Waals surface area contributed by atoms with Gasteiger partial charge in [-0.15, -0.1) is 0 Å². The minimum absolute atomic E-state index is 0.0238. The fourth-order valence-electron chi connectivity index (χ4n) is 4.23. The monoisotopic (exact) mass is 411 g/mol. The number of nitrogens with one attached hydrogen (secondary N) is 1. The quantitative estimate of drug-likeness (QED) is 0.549. The predicted octanol–water partition coefficient (Wildman–Crippen LogP) is 2.61. The number of likely N-dealkylation sites (tertiary alicyclic amines) is 1. The maximum Gasteiger partial charge on any atom is 0.353 e. The van der Waals surface area contributed by atoms with Crippen LogP contribution in [0, 0.1) is 10.1 Å². The minimum atomic E-state index is -0.359. The predicted molar refractivity (Wildman–Crippen MR) is 118 cm³/mol. The van der Waals surface area contributed by atoms with Gasteiger partial charge in [-0.25, -0.2) is 9.97 Å². The number of para-hydroxylation sites is 1. The van der Waals surface area contributed by atoms with E-state index >= 15 is 0 Å². The Balaban J connectivity index is 1.41. The first-order valence-electron chi connectivity index (χ1n) is 10.7. The van der Waals surface area contributed by atoms with Crippen molar-refractivity contribution in [3.8, 4) is 0 Å². The highest BCUT2D eigenvalue weighted by Crippen LogP contribution is 2.32. The third kappa shape index (κ3) is 4.79. The number of nitro groups is 1. The van der Waals surface area contributed by atoms with E-state index in [1.807, 2.05) is 23.1 Å². The number of hydrogen-bond donors (Lipinski definition) is 1. The molecule has 0 aliphatic carbocycles. The van der Waals surface area contributed by atoms with Crippen molar-refractivity contribution in [1.82, 2.24) is 14.9 Å². The first-order valence-corrected chi connectivity index (χ1v) is 10.7. The lowest BCUT2D eigenvalue weighted by atomic mass is 10.1. The molecule has 0 radical (unpaired) electrons. The first-order chi connectivity index (χ1) is 14.7. The van der Waals surface area contributed by atoms with Crippen molar-refractivity contribution in [3.63, 3.8) is 0 Å². The molecule has 0 atom stereocenters. The molecule has 1 aromatic carbocycles. The highest BCUT2D eigenvalue weighted by atomic mass is 16.6. The van der Waals surface area contributed by atoms with Gasteiger partial charge in [0.05, 0.1) is 4.92 Å². The third-order valence-corrected chi connectivity index (χ3v) is 5.86. The molecule has 4 rings (SSSR count). The van der Waals surface area contributed by atoms with Gasteiger partial charge in [-0.2, -0.15) is 0 Å². The Morgan fingerprint density at radius 2 is 1.63 bits per heavy atom. The van der Waals surface area contributed by atoms with Gasteiger partial charge in [0.1, 0.15) is 6.33 Å².